The Balaban J connectivity index is 2.37. The SMILES string of the molecule is CCNC(c1cc(C)cc(C)c1)C1(OC)CCCCC1. The highest BCUT2D eigenvalue weighted by Gasteiger charge is 2.40. The molecule has 1 aromatic rings. The van der Waals surface area contributed by atoms with Crippen LogP contribution < -0.4 is 5.32 Å². The molecule has 0 heterocycles. The van der Waals surface area contributed by atoms with Gasteiger partial charge in [-0.25, -0.2) is 0 Å². The van der Waals surface area contributed by atoms with Crippen molar-refractivity contribution in [3.05, 3.63) is 34.9 Å². The Bertz CT molecular complexity index is 415. The predicted molar refractivity (Wildman–Crippen MR) is 85.2 cm³/mol. The highest BCUT2D eigenvalue weighted by molar-refractivity contribution is 5.32. The molecule has 1 unspecified atom stereocenters. The van der Waals surface area contributed by atoms with Crippen LogP contribution in [-0.2, 0) is 4.74 Å². The summed E-state index contributed by atoms with van der Waals surface area (Å²) in [7, 11) is 1.89. The van der Waals surface area contributed by atoms with Gasteiger partial charge >= 0.3 is 0 Å². The number of ether oxygens (including phenoxy) is 1. The molecule has 2 rings (SSSR count). The molecule has 2 nitrogen and oxygen atoms in total. The average molecular weight is 275 g/mol. The van der Waals surface area contributed by atoms with Gasteiger partial charge in [0.05, 0.1) is 11.6 Å². The van der Waals surface area contributed by atoms with Gasteiger partial charge in [0.1, 0.15) is 0 Å². The monoisotopic (exact) mass is 275 g/mol. The maximum absolute atomic E-state index is 6.07. The zero-order valence-corrected chi connectivity index (χ0v) is 13.5. The van der Waals surface area contributed by atoms with Crippen LogP contribution in [0.15, 0.2) is 18.2 Å². The van der Waals surface area contributed by atoms with Gasteiger partial charge in [-0.1, -0.05) is 55.5 Å². The van der Waals surface area contributed by atoms with Crippen molar-refractivity contribution in [1.29, 1.82) is 0 Å². The molecule has 1 saturated carbocycles. The molecule has 1 aromatic carbocycles. The highest BCUT2D eigenvalue weighted by Crippen LogP contribution is 2.41. The summed E-state index contributed by atoms with van der Waals surface area (Å²) in [5.41, 5.74) is 4.03. The summed E-state index contributed by atoms with van der Waals surface area (Å²) in [6, 6.07) is 7.18. The Morgan fingerprint density at radius 2 is 1.70 bits per heavy atom. The Labute approximate surface area is 123 Å². The Morgan fingerprint density at radius 1 is 1.10 bits per heavy atom. The van der Waals surface area contributed by atoms with Crippen molar-refractivity contribution in [1.82, 2.24) is 5.32 Å². The molecular formula is C18H29NO. The Hall–Kier alpha value is -0.860. The first kappa shape index (κ1) is 15.5. The lowest BCUT2D eigenvalue weighted by Crippen LogP contribution is -2.47. The quantitative estimate of drug-likeness (QED) is 0.865. The minimum atomic E-state index is -0.0332. The van der Waals surface area contributed by atoms with Gasteiger partial charge in [-0.3, -0.25) is 0 Å². The maximum atomic E-state index is 6.07. The number of benzene rings is 1. The molecule has 1 fully saturated rings. The van der Waals surface area contributed by atoms with E-state index in [0.29, 0.717) is 6.04 Å². The summed E-state index contributed by atoms with van der Waals surface area (Å²) in [6.45, 7) is 7.52. The zero-order valence-electron chi connectivity index (χ0n) is 13.5. The topological polar surface area (TPSA) is 21.3 Å². The van der Waals surface area contributed by atoms with Gasteiger partial charge in [-0.15, -0.1) is 0 Å². The van der Waals surface area contributed by atoms with E-state index in [1.165, 1.54) is 36.0 Å². The second-order valence-electron chi connectivity index (χ2n) is 6.24. The molecule has 1 atom stereocenters. The second-order valence-corrected chi connectivity index (χ2v) is 6.24. The first-order valence-electron chi connectivity index (χ1n) is 7.98. The largest absolute Gasteiger partial charge is 0.376 e. The van der Waals surface area contributed by atoms with Gasteiger partial charge in [0.2, 0.25) is 0 Å². The summed E-state index contributed by atoms with van der Waals surface area (Å²) in [6.07, 6.45) is 6.22. The summed E-state index contributed by atoms with van der Waals surface area (Å²) in [4.78, 5) is 0. The van der Waals surface area contributed by atoms with Crippen molar-refractivity contribution in [2.75, 3.05) is 13.7 Å². The molecule has 0 bridgehead atoms. The van der Waals surface area contributed by atoms with Crippen LogP contribution in [0.2, 0.25) is 0 Å². The summed E-state index contributed by atoms with van der Waals surface area (Å²) >= 11 is 0. The van der Waals surface area contributed by atoms with Crippen LogP contribution in [0, 0.1) is 13.8 Å². The minimum absolute atomic E-state index is 0.0332. The molecule has 0 spiro atoms. The number of hydrogen-bond acceptors (Lipinski definition) is 2. The fourth-order valence-electron chi connectivity index (χ4n) is 3.75. The van der Waals surface area contributed by atoms with Gasteiger partial charge < -0.3 is 10.1 Å². The van der Waals surface area contributed by atoms with Gasteiger partial charge in [-0.05, 0) is 38.8 Å². The summed E-state index contributed by atoms with van der Waals surface area (Å²) < 4.78 is 6.07. The lowest BCUT2D eigenvalue weighted by molar-refractivity contribution is -0.0684. The summed E-state index contributed by atoms with van der Waals surface area (Å²) in [5, 5.41) is 3.69. The van der Waals surface area contributed by atoms with Crippen LogP contribution >= 0.6 is 0 Å². The molecule has 0 aromatic heterocycles. The van der Waals surface area contributed by atoms with Crippen molar-refractivity contribution in [2.24, 2.45) is 0 Å². The number of hydrogen-bond donors (Lipinski definition) is 1. The molecule has 2 heteroatoms. The number of aryl methyl sites for hydroxylation is 2. The smallest absolute Gasteiger partial charge is 0.0872 e. The molecule has 1 aliphatic carbocycles. The van der Waals surface area contributed by atoms with Crippen LogP contribution in [0.4, 0.5) is 0 Å². The molecule has 112 valence electrons. The highest BCUT2D eigenvalue weighted by atomic mass is 16.5. The van der Waals surface area contributed by atoms with Crippen molar-refractivity contribution in [2.45, 2.75) is 64.5 Å². The predicted octanol–water partition coefficient (Wildman–Crippen LogP) is 4.30. The van der Waals surface area contributed by atoms with Crippen molar-refractivity contribution >= 4 is 0 Å². The molecule has 1 aliphatic rings. The summed E-state index contributed by atoms with van der Waals surface area (Å²) in [5.74, 6) is 0. The van der Waals surface area contributed by atoms with E-state index in [2.05, 4.69) is 44.3 Å². The van der Waals surface area contributed by atoms with E-state index in [-0.39, 0.29) is 5.60 Å². The fourth-order valence-corrected chi connectivity index (χ4v) is 3.75. The molecule has 20 heavy (non-hydrogen) atoms. The number of methoxy groups -OCH3 is 1. The first-order chi connectivity index (χ1) is 9.61. The van der Waals surface area contributed by atoms with Crippen molar-refractivity contribution in [3.63, 3.8) is 0 Å². The number of rotatable bonds is 5. The second kappa shape index (κ2) is 6.73. The lowest BCUT2D eigenvalue weighted by Gasteiger charge is -2.43. The van der Waals surface area contributed by atoms with E-state index in [9.17, 15) is 0 Å². The first-order valence-corrected chi connectivity index (χ1v) is 7.98. The van der Waals surface area contributed by atoms with Crippen LogP contribution in [0.25, 0.3) is 0 Å². The third-order valence-electron chi connectivity index (χ3n) is 4.62. The fraction of sp³-hybridized carbons (Fsp3) is 0.667. The average Bonchev–Trinajstić information content (AvgIpc) is 2.44. The third kappa shape index (κ3) is 3.24. The van der Waals surface area contributed by atoms with Crippen LogP contribution in [0.3, 0.4) is 0 Å². The van der Waals surface area contributed by atoms with E-state index < -0.39 is 0 Å². The van der Waals surface area contributed by atoms with Crippen LogP contribution in [-0.4, -0.2) is 19.3 Å². The maximum Gasteiger partial charge on any atom is 0.0872 e. The molecule has 0 amide bonds. The standard InChI is InChI=1S/C18H29NO/c1-5-19-17(16-12-14(2)11-15(3)13-16)18(20-4)9-7-6-8-10-18/h11-13,17,19H,5-10H2,1-4H3. The zero-order chi connectivity index (χ0) is 14.6. The number of nitrogens with one attached hydrogen (secondary N) is 1. The molecular weight excluding hydrogens is 246 g/mol. The third-order valence-corrected chi connectivity index (χ3v) is 4.62. The minimum Gasteiger partial charge on any atom is -0.376 e. The van der Waals surface area contributed by atoms with Crippen LogP contribution in [0.5, 0.6) is 0 Å². The van der Waals surface area contributed by atoms with Gasteiger partial charge in [0, 0.05) is 7.11 Å². The normalized spacial score (nSPS) is 19.8. The number of likely N-dealkylation sites (N-methyl/N-ethyl adjacent to an activating group) is 1. The van der Waals surface area contributed by atoms with E-state index in [4.69, 9.17) is 4.74 Å². The van der Waals surface area contributed by atoms with E-state index in [1.54, 1.807) is 0 Å². The Morgan fingerprint density at radius 3 is 2.20 bits per heavy atom. The van der Waals surface area contributed by atoms with E-state index in [1.807, 2.05) is 7.11 Å². The molecule has 1 N–H and O–H groups in total. The van der Waals surface area contributed by atoms with E-state index in [0.717, 1.165) is 19.4 Å². The van der Waals surface area contributed by atoms with Crippen molar-refractivity contribution in [3.8, 4) is 0 Å². The van der Waals surface area contributed by atoms with Gasteiger partial charge in [-0.2, -0.15) is 0 Å². The molecule has 0 saturated heterocycles. The van der Waals surface area contributed by atoms with Crippen LogP contribution in [0.1, 0.15) is 61.8 Å². The van der Waals surface area contributed by atoms with Gasteiger partial charge in [0.15, 0.2) is 0 Å². The molecule has 0 aliphatic heterocycles. The van der Waals surface area contributed by atoms with E-state index >= 15 is 0 Å². The van der Waals surface area contributed by atoms with Crippen molar-refractivity contribution < 1.29 is 4.74 Å². The Kier molecular flexibility index (Phi) is 5.22. The lowest BCUT2D eigenvalue weighted by atomic mass is 9.76. The van der Waals surface area contributed by atoms with Gasteiger partial charge in [0.25, 0.3) is 0 Å². The molecule has 0 radical (unpaired) electrons.